The third-order valence-corrected chi connectivity index (χ3v) is 5.27. The Morgan fingerprint density at radius 1 is 1.15 bits per heavy atom. The highest BCUT2D eigenvalue weighted by Crippen LogP contribution is 2.38. The molecule has 0 unspecified atom stereocenters. The molecule has 0 radical (unpaired) electrons. The van der Waals surface area contributed by atoms with E-state index < -0.39 is 0 Å². The van der Waals surface area contributed by atoms with Crippen molar-refractivity contribution in [2.24, 2.45) is 0 Å². The van der Waals surface area contributed by atoms with Gasteiger partial charge in [-0.15, -0.1) is 11.3 Å². The Morgan fingerprint density at radius 2 is 1.90 bits per heavy atom. The zero-order valence-corrected chi connectivity index (χ0v) is 12.9. The van der Waals surface area contributed by atoms with Crippen LogP contribution in [0.3, 0.4) is 0 Å². The van der Waals surface area contributed by atoms with Crippen LogP contribution in [0, 0.1) is 0 Å². The second-order valence-electron chi connectivity index (χ2n) is 5.56. The van der Waals surface area contributed by atoms with E-state index in [-0.39, 0.29) is 0 Å². The fourth-order valence-corrected chi connectivity index (χ4v) is 4.26. The third-order valence-electron chi connectivity index (χ3n) is 4.05. The molecule has 20 heavy (non-hydrogen) atoms. The Labute approximate surface area is 125 Å². The number of hydrogen-bond donors (Lipinski definition) is 1. The molecule has 1 N–H and O–H groups in total. The summed E-state index contributed by atoms with van der Waals surface area (Å²) in [6, 6.07) is 10.6. The van der Waals surface area contributed by atoms with Crippen molar-refractivity contribution in [3.05, 3.63) is 40.2 Å². The van der Waals surface area contributed by atoms with Crippen molar-refractivity contribution in [3.63, 3.8) is 0 Å². The maximum atomic E-state index is 5.00. The number of nitrogens with zero attached hydrogens (tertiary/aromatic N) is 1. The second kappa shape index (κ2) is 6.51. The number of rotatable bonds is 4. The summed E-state index contributed by atoms with van der Waals surface area (Å²) in [7, 11) is 2.01. The Bertz CT molecular complexity index is 541. The van der Waals surface area contributed by atoms with Gasteiger partial charge < -0.3 is 5.32 Å². The van der Waals surface area contributed by atoms with Gasteiger partial charge in [-0.05, 0) is 19.9 Å². The SMILES string of the molecule is CNCc1sc(C2CCCCC2)nc1-c1ccccc1. The van der Waals surface area contributed by atoms with Crippen molar-refractivity contribution in [3.8, 4) is 11.3 Å². The lowest BCUT2D eigenvalue weighted by atomic mass is 9.90. The van der Waals surface area contributed by atoms with Crippen LogP contribution in [0.4, 0.5) is 0 Å². The van der Waals surface area contributed by atoms with E-state index in [1.807, 2.05) is 18.4 Å². The lowest BCUT2D eigenvalue weighted by molar-refractivity contribution is 0.442. The zero-order valence-electron chi connectivity index (χ0n) is 12.1. The zero-order chi connectivity index (χ0) is 13.8. The van der Waals surface area contributed by atoms with Gasteiger partial charge in [-0.3, -0.25) is 0 Å². The normalized spacial score (nSPS) is 16.4. The van der Waals surface area contributed by atoms with Crippen LogP contribution < -0.4 is 5.32 Å². The van der Waals surface area contributed by atoms with E-state index in [0.29, 0.717) is 5.92 Å². The lowest BCUT2D eigenvalue weighted by Gasteiger charge is -2.18. The van der Waals surface area contributed by atoms with Gasteiger partial charge in [-0.1, -0.05) is 49.6 Å². The summed E-state index contributed by atoms with van der Waals surface area (Å²) in [5.41, 5.74) is 2.43. The van der Waals surface area contributed by atoms with Crippen LogP contribution >= 0.6 is 11.3 Å². The predicted octanol–water partition coefficient (Wildman–Crippen LogP) is 4.58. The van der Waals surface area contributed by atoms with E-state index in [9.17, 15) is 0 Å². The van der Waals surface area contributed by atoms with Gasteiger partial charge in [0.2, 0.25) is 0 Å². The minimum Gasteiger partial charge on any atom is -0.315 e. The van der Waals surface area contributed by atoms with Crippen LogP contribution in [0.15, 0.2) is 30.3 Å². The van der Waals surface area contributed by atoms with Gasteiger partial charge in [-0.2, -0.15) is 0 Å². The van der Waals surface area contributed by atoms with Crippen LogP contribution in [0.2, 0.25) is 0 Å². The summed E-state index contributed by atoms with van der Waals surface area (Å²) >= 11 is 1.91. The minimum absolute atomic E-state index is 0.696. The topological polar surface area (TPSA) is 24.9 Å². The molecule has 1 saturated carbocycles. The highest BCUT2D eigenvalue weighted by molar-refractivity contribution is 7.12. The van der Waals surface area contributed by atoms with Crippen molar-refractivity contribution in [2.75, 3.05) is 7.05 Å². The first kappa shape index (κ1) is 13.8. The molecule has 1 aromatic heterocycles. The van der Waals surface area contributed by atoms with Crippen LogP contribution in [0.5, 0.6) is 0 Å². The largest absolute Gasteiger partial charge is 0.315 e. The van der Waals surface area contributed by atoms with E-state index in [1.54, 1.807) is 0 Å². The van der Waals surface area contributed by atoms with Gasteiger partial charge >= 0.3 is 0 Å². The molecule has 1 heterocycles. The Balaban J connectivity index is 1.93. The van der Waals surface area contributed by atoms with E-state index >= 15 is 0 Å². The maximum Gasteiger partial charge on any atom is 0.0966 e. The van der Waals surface area contributed by atoms with E-state index in [0.717, 1.165) is 6.54 Å². The summed E-state index contributed by atoms with van der Waals surface area (Å²) in [5, 5.41) is 4.64. The molecule has 3 rings (SSSR count). The van der Waals surface area contributed by atoms with Gasteiger partial charge in [0, 0.05) is 22.9 Å². The van der Waals surface area contributed by atoms with Crippen LogP contribution in [0.1, 0.15) is 47.9 Å². The second-order valence-corrected chi connectivity index (χ2v) is 6.67. The summed E-state index contributed by atoms with van der Waals surface area (Å²) in [4.78, 5) is 6.38. The molecule has 0 bridgehead atoms. The quantitative estimate of drug-likeness (QED) is 0.890. The summed E-state index contributed by atoms with van der Waals surface area (Å²) in [6.45, 7) is 0.911. The molecular formula is C17H22N2S. The molecule has 2 aromatic rings. The van der Waals surface area contributed by atoms with Gasteiger partial charge in [0.05, 0.1) is 10.7 Å². The molecule has 1 fully saturated rings. The third kappa shape index (κ3) is 2.94. The van der Waals surface area contributed by atoms with Crippen LogP contribution in [0.25, 0.3) is 11.3 Å². The molecule has 106 valence electrons. The van der Waals surface area contributed by atoms with Gasteiger partial charge in [0.1, 0.15) is 0 Å². The van der Waals surface area contributed by atoms with Gasteiger partial charge in [0.15, 0.2) is 0 Å². The standard InChI is InChI=1S/C17H22N2S/c1-18-12-15-16(13-8-4-2-5-9-13)19-17(20-15)14-10-6-3-7-11-14/h2,4-5,8-9,14,18H,3,6-7,10-12H2,1H3. The molecule has 0 saturated heterocycles. The number of benzene rings is 1. The van der Waals surface area contributed by atoms with Crippen molar-refractivity contribution < 1.29 is 0 Å². The molecule has 0 aliphatic heterocycles. The Kier molecular flexibility index (Phi) is 4.48. The fourth-order valence-electron chi connectivity index (χ4n) is 3.00. The van der Waals surface area contributed by atoms with E-state index in [2.05, 4.69) is 35.6 Å². The maximum absolute atomic E-state index is 5.00. The smallest absolute Gasteiger partial charge is 0.0966 e. The van der Waals surface area contributed by atoms with E-state index in [4.69, 9.17) is 4.98 Å². The molecule has 0 atom stereocenters. The van der Waals surface area contributed by atoms with E-state index in [1.165, 1.54) is 53.2 Å². The molecule has 0 spiro atoms. The molecule has 1 aliphatic rings. The highest BCUT2D eigenvalue weighted by atomic mass is 32.1. The number of hydrogen-bond acceptors (Lipinski definition) is 3. The molecule has 1 aliphatic carbocycles. The number of thiazole rings is 1. The van der Waals surface area contributed by atoms with Crippen molar-refractivity contribution in [2.45, 2.75) is 44.6 Å². The first-order chi connectivity index (χ1) is 9.88. The average Bonchev–Trinajstić information content (AvgIpc) is 2.94. The molecule has 0 amide bonds. The van der Waals surface area contributed by atoms with Gasteiger partial charge in [-0.25, -0.2) is 4.98 Å². The summed E-state index contributed by atoms with van der Waals surface area (Å²) < 4.78 is 0. The van der Waals surface area contributed by atoms with Crippen molar-refractivity contribution in [1.29, 1.82) is 0 Å². The number of nitrogens with one attached hydrogen (secondary N) is 1. The van der Waals surface area contributed by atoms with Crippen molar-refractivity contribution in [1.82, 2.24) is 10.3 Å². The minimum atomic E-state index is 0.696. The predicted molar refractivity (Wildman–Crippen MR) is 86.1 cm³/mol. The molecule has 2 nitrogen and oxygen atoms in total. The Morgan fingerprint density at radius 3 is 2.60 bits per heavy atom. The number of aromatic nitrogens is 1. The van der Waals surface area contributed by atoms with Crippen molar-refractivity contribution >= 4 is 11.3 Å². The van der Waals surface area contributed by atoms with Gasteiger partial charge in [0.25, 0.3) is 0 Å². The fraction of sp³-hybridized carbons (Fsp3) is 0.471. The average molecular weight is 286 g/mol. The Hall–Kier alpha value is -1.19. The first-order valence-electron chi connectivity index (χ1n) is 7.58. The first-order valence-corrected chi connectivity index (χ1v) is 8.39. The summed E-state index contributed by atoms with van der Waals surface area (Å²) in [5.74, 6) is 0.696. The molecular weight excluding hydrogens is 264 g/mol. The van der Waals surface area contributed by atoms with Crippen LogP contribution in [-0.2, 0) is 6.54 Å². The molecule has 3 heteroatoms. The molecule has 1 aromatic carbocycles. The monoisotopic (exact) mass is 286 g/mol. The van der Waals surface area contributed by atoms with Crippen LogP contribution in [-0.4, -0.2) is 12.0 Å². The highest BCUT2D eigenvalue weighted by Gasteiger charge is 2.21. The summed E-state index contributed by atoms with van der Waals surface area (Å²) in [6.07, 6.45) is 6.77. The lowest BCUT2D eigenvalue weighted by Crippen LogP contribution is -2.04.